The summed E-state index contributed by atoms with van der Waals surface area (Å²) in [5.41, 5.74) is 0.458. The van der Waals surface area contributed by atoms with Crippen molar-refractivity contribution in [1.82, 2.24) is 4.90 Å². The molecule has 0 heterocycles. The van der Waals surface area contributed by atoms with Gasteiger partial charge in [0.05, 0.1) is 11.6 Å². The number of hydrogen-bond donors (Lipinski definition) is 1. The Morgan fingerprint density at radius 2 is 2.11 bits per heavy atom. The molecule has 1 aromatic carbocycles. The summed E-state index contributed by atoms with van der Waals surface area (Å²) in [5, 5.41) is 9.88. The van der Waals surface area contributed by atoms with E-state index in [2.05, 4.69) is 0 Å². The van der Waals surface area contributed by atoms with E-state index in [1.54, 1.807) is 13.1 Å². The lowest BCUT2D eigenvalue weighted by atomic mass is 10.2. The monoisotopic (exact) mass is 291 g/mol. The summed E-state index contributed by atoms with van der Waals surface area (Å²) >= 11 is 11.8. The van der Waals surface area contributed by atoms with Crippen molar-refractivity contribution in [2.24, 2.45) is 0 Å². The third-order valence-corrected chi connectivity index (χ3v) is 2.99. The minimum atomic E-state index is -0.257. The van der Waals surface area contributed by atoms with Gasteiger partial charge >= 0.3 is 0 Å². The lowest BCUT2D eigenvalue weighted by molar-refractivity contribution is -0.131. The lowest BCUT2D eigenvalue weighted by Gasteiger charge is -2.16. The molecular formula is C12H15Cl2NO3. The van der Waals surface area contributed by atoms with Crippen LogP contribution in [0.5, 0.6) is 5.75 Å². The van der Waals surface area contributed by atoms with Crippen LogP contribution in [0.1, 0.15) is 12.5 Å². The molecule has 4 nitrogen and oxygen atoms in total. The minimum absolute atomic E-state index is 0.126. The molecule has 1 rings (SSSR count). The van der Waals surface area contributed by atoms with Crippen LogP contribution in [0.15, 0.2) is 12.1 Å². The number of hydrogen-bond acceptors (Lipinski definition) is 3. The number of halogens is 2. The van der Waals surface area contributed by atoms with Crippen molar-refractivity contribution in [2.75, 3.05) is 20.2 Å². The van der Waals surface area contributed by atoms with Gasteiger partial charge in [-0.25, -0.2) is 0 Å². The molecule has 0 saturated heterocycles. The Morgan fingerprint density at radius 3 is 2.67 bits per heavy atom. The number of rotatable bonds is 5. The van der Waals surface area contributed by atoms with Crippen LogP contribution in [-0.4, -0.2) is 36.1 Å². The van der Waals surface area contributed by atoms with E-state index < -0.39 is 0 Å². The Bertz CT molecular complexity index is 438. The minimum Gasteiger partial charge on any atom is -0.482 e. The molecule has 0 unspecified atom stereocenters. The van der Waals surface area contributed by atoms with Gasteiger partial charge in [-0.15, -0.1) is 0 Å². The van der Waals surface area contributed by atoms with Gasteiger partial charge in [-0.05, 0) is 19.1 Å². The van der Waals surface area contributed by atoms with Crippen molar-refractivity contribution in [3.8, 4) is 5.75 Å². The van der Waals surface area contributed by atoms with E-state index in [4.69, 9.17) is 27.9 Å². The van der Waals surface area contributed by atoms with Crippen LogP contribution in [0.4, 0.5) is 0 Å². The van der Waals surface area contributed by atoms with Crippen LogP contribution in [0, 0.1) is 0 Å². The Kier molecular flexibility index (Phi) is 5.72. The maximum Gasteiger partial charge on any atom is 0.260 e. The van der Waals surface area contributed by atoms with E-state index in [0.717, 1.165) is 0 Å². The number of carbonyl (C=O) groups is 1. The molecule has 0 aromatic heterocycles. The molecule has 1 aromatic rings. The molecule has 100 valence electrons. The number of aliphatic hydroxyl groups is 1. The third kappa shape index (κ3) is 3.77. The average Bonchev–Trinajstić information content (AvgIpc) is 2.35. The van der Waals surface area contributed by atoms with Gasteiger partial charge in [0.2, 0.25) is 0 Å². The van der Waals surface area contributed by atoms with Gasteiger partial charge in [-0.1, -0.05) is 23.2 Å². The highest BCUT2D eigenvalue weighted by atomic mass is 35.5. The van der Waals surface area contributed by atoms with Gasteiger partial charge in [0, 0.05) is 24.2 Å². The normalized spacial score (nSPS) is 10.3. The van der Waals surface area contributed by atoms with Crippen LogP contribution in [0.25, 0.3) is 0 Å². The summed E-state index contributed by atoms with van der Waals surface area (Å²) in [5.74, 6) is 0.133. The van der Waals surface area contributed by atoms with Crippen LogP contribution in [-0.2, 0) is 11.4 Å². The molecule has 0 saturated carbocycles. The highest BCUT2D eigenvalue weighted by molar-refractivity contribution is 6.35. The zero-order valence-corrected chi connectivity index (χ0v) is 11.8. The Hall–Kier alpha value is -0.970. The third-order valence-electron chi connectivity index (χ3n) is 2.50. The molecule has 0 aliphatic heterocycles. The maximum absolute atomic E-state index is 11.6. The van der Waals surface area contributed by atoms with Crippen LogP contribution in [0.3, 0.4) is 0 Å². The van der Waals surface area contributed by atoms with Gasteiger partial charge < -0.3 is 14.7 Å². The summed E-state index contributed by atoms with van der Waals surface area (Å²) in [7, 11) is 1.68. The predicted molar refractivity (Wildman–Crippen MR) is 71.2 cm³/mol. The number of amides is 1. The molecule has 0 spiro atoms. The molecule has 1 amide bonds. The van der Waals surface area contributed by atoms with Crippen molar-refractivity contribution >= 4 is 29.1 Å². The lowest BCUT2D eigenvalue weighted by Crippen LogP contribution is -2.31. The second-order valence-corrected chi connectivity index (χ2v) is 4.57. The molecule has 1 N–H and O–H groups in total. The fraction of sp³-hybridized carbons (Fsp3) is 0.417. The second kappa shape index (κ2) is 6.83. The molecule has 0 fully saturated rings. The van der Waals surface area contributed by atoms with E-state index in [9.17, 15) is 9.90 Å². The molecule has 0 bridgehead atoms. The Labute approximate surface area is 116 Å². The van der Waals surface area contributed by atoms with Crippen LogP contribution < -0.4 is 4.74 Å². The zero-order valence-electron chi connectivity index (χ0n) is 10.2. The summed E-state index contributed by atoms with van der Waals surface area (Å²) in [6.07, 6.45) is 0. The van der Waals surface area contributed by atoms with Gasteiger partial charge in [-0.3, -0.25) is 4.79 Å². The Balaban J connectivity index is 2.81. The van der Waals surface area contributed by atoms with Crippen molar-refractivity contribution in [3.63, 3.8) is 0 Å². The first-order chi connectivity index (χ1) is 8.49. The van der Waals surface area contributed by atoms with E-state index >= 15 is 0 Å². The first-order valence-electron chi connectivity index (χ1n) is 5.45. The molecule has 0 aliphatic rings. The largest absolute Gasteiger partial charge is 0.482 e. The Morgan fingerprint density at radius 1 is 1.44 bits per heavy atom. The summed E-state index contributed by atoms with van der Waals surface area (Å²) in [6, 6.07) is 3.06. The summed E-state index contributed by atoms with van der Waals surface area (Å²) < 4.78 is 5.36. The molecule has 0 aliphatic carbocycles. The van der Waals surface area contributed by atoms with Gasteiger partial charge in [0.1, 0.15) is 5.75 Å². The van der Waals surface area contributed by atoms with E-state index in [0.29, 0.717) is 22.9 Å². The summed E-state index contributed by atoms with van der Waals surface area (Å²) in [4.78, 5) is 13.1. The molecule has 18 heavy (non-hydrogen) atoms. The van der Waals surface area contributed by atoms with Crippen molar-refractivity contribution in [1.29, 1.82) is 0 Å². The SMILES string of the molecule is CCN(C)C(=O)COc1c(Cl)cc(Cl)cc1CO. The van der Waals surface area contributed by atoms with E-state index in [1.165, 1.54) is 11.0 Å². The number of ether oxygens (including phenoxy) is 1. The number of nitrogens with zero attached hydrogens (tertiary/aromatic N) is 1. The van der Waals surface area contributed by atoms with Crippen LogP contribution >= 0.6 is 23.2 Å². The molecule has 6 heteroatoms. The van der Waals surface area contributed by atoms with Crippen molar-refractivity contribution in [2.45, 2.75) is 13.5 Å². The fourth-order valence-corrected chi connectivity index (χ4v) is 1.90. The van der Waals surface area contributed by atoms with Crippen LogP contribution in [0.2, 0.25) is 10.0 Å². The molecule has 0 atom stereocenters. The van der Waals surface area contributed by atoms with E-state index in [1.807, 2.05) is 6.92 Å². The molecule has 0 radical (unpaired) electrons. The second-order valence-electron chi connectivity index (χ2n) is 3.73. The maximum atomic E-state index is 11.6. The quantitative estimate of drug-likeness (QED) is 0.906. The highest BCUT2D eigenvalue weighted by Gasteiger charge is 2.13. The van der Waals surface area contributed by atoms with Crippen molar-refractivity contribution < 1.29 is 14.6 Å². The summed E-state index contributed by atoms with van der Waals surface area (Å²) in [6.45, 7) is 2.09. The first-order valence-corrected chi connectivity index (χ1v) is 6.20. The smallest absolute Gasteiger partial charge is 0.260 e. The number of carbonyl (C=O) groups excluding carboxylic acids is 1. The average molecular weight is 292 g/mol. The van der Waals surface area contributed by atoms with Gasteiger partial charge in [0.25, 0.3) is 5.91 Å². The van der Waals surface area contributed by atoms with Crippen molar-refractivity contribution in [3.05, 3.63) is 27.7 Å². The molecular weight excluding hydrogens is 277 g/mol. The van der Waals surface area contributed by atoms with E-state index in [-0.39, 0.29) is 24.1 Å². The zero-order chi connectivity index (χ0) is 13.7. The fourth-order valence-electron chi connectivity index (χ4n) is 1.31. The number of benzene rings is 1. The standard InChI is InChI=1S/C12H15Cl2NO3/c1-3-15(2)11(17)7-18-12-8(6-16)4-9(13)5-10(12)14/h4-5,16H,3,6-7H2,1-2H3. The first kappa shape index (κ1) is 15.1. The predicted octanol–water partition coefficient (Wildman–Crippen LogP) is 2.34. The topological polar surface area (TPSA) is 49.8 Å². The number of aliphatic hydroxyl groups excluding tert-OH is 1. The number of likely N-dealkylation sites (N-methyl/N-ethyl adjacent to an activating group) is 1. The van der Waals surface area contributed by atoms with Gasteiger partial charge in [-0.2, -0.15) is 0 Å². The van der Waals surface area contributed by atoms with Gasteiger partial charge in [0.15, 0.2) is 6.61 Å². The highest BCUT2D eigenvalue weighted by Crippen LogP contribution is 2.32.